The largest absolute Gasteiger partial charge is 0.494 e. The van der Waals surface area contributed by atoms with Crippen molar-refractivity contribution in [1.29, 1.82) is 0 Å². The van der Waals surface area contributed by atoms with E-state index in [4.69, 9.17) is 21.4 Å². The van der Waals surface area contributed by atoms with Crippen molar-refractivity contribution >= 4 is 11.6 Å². The van der Waals surface area contributed by atoms with Crippen LogP contribution in [0.2, 0.25) is 0 Å². The lowest BCUT2D eigenvalue weighted by atomic mass is 10.2. The summed E-state index contributed by atoms with van der Waals surface area (Å²) in [6.07, 6.45) is 9.76. The minimum Gasteiger partial charge on any atom is -0.494 e. The van der Waals surface area contributed by atoms with E-state index < -0.39 is 0 Å². The predicted octanol–water partition coefficient (Wildman–Crippen LogP) is 2.59. The lowest BCUT2D eigenvalue weighted by Gasteiger charge is -2.04. The van der Waals surface area contributed by atoms with Crippen molar-refractivity contribution < 1.29 is 9.84 Å². The summed E-state index contributed by atoms with van der Waals surface area (Å²) < 4.78 is 5.42. The summed E-state index contributed by atoms with van der Waals surface area (Å²) in [6, 6.07) is 8.03. The van der Waals surface area contributed by atoms with Crippen LogP contribution in [-0.4, -0.2) is 36.8 Å². The highest BCUT2D eigenvalue weighted by atomic mass is 35.5. The zero-order chi connectivity index (χ0) is 15.2. The van der Waals surface area contributed by atoms with E-state index in [1.54, 1.807) is 0 Å². The van der Waals surface area contributed by atoms with E-state index in [0.29, 0.717) is 12.5 Å². The van der Waals surface area contributed by atoms with Crippen LogP contribution in [0.3, 0.4) is 0 Å². The van der Waals surface area contributed by atoms with Gasteiger partial charge in [0, 0.05) is 12.4 Å². The van der Waals surface area contributed by atoms with Gasteiger partial charge in [0.1, 0.15) is 5.75 Å². The van der Waals surface area contributed by atoms with Gasteiger partial charge < -0.3 is 15.2 Å². The number of ether oxygens (including phenoxy) is 1. The summed E-state index contributed by atoms with van der Waals surface area (Å²) in [5.41, 5.74) is 1.25. The molecule has 1 atom stereocenters. The van der Waals surface area contributed by atoms with Crippen molar-refractivity contribution in [2.24, 2.45) is 0 Å². The molecule has 1 aliphatic rings. The fourth-order valence-electron chi connectivity index (χ4n) is 1.52. The van der Waals surface area contributed by atoms with Crippen molar-refractivity contribution in [3.63, 3.8) is 0 Å². The molecule has 2 rings (SSSR count). The van der Waals surface area contributed by atoms with Gasteiger partial charge in [-0.3, -0.25) is 0 Å². The zero-order valence-corrected chi connectivity index (χ0v) is 12.8. The molecule has 3 nitrogen and oxygen atoms in total. The Morgan fingerprint density at radius 3 is 2.40 bits per heavy atom. The van der Waals surface area contributed by atoms with E-state index in [1.165, 1.54) is 5.56 Å². The standard InChI is InChI=1S/C10H13ClO.C4H9NO.C2H2/c1-9-3-5-10(6-4-9)12-8-2-7-11;6-4-1-2-5-3-4;1-2/h3-6H,2,7-8H2,1H3;4-6H,1-3H2;1-2H/t;4-;/m.1./s1. The SMILES string of the molecule is C#C.Cc1ccc(OCCCCl)cc1.O[C@@H]1CCNC1. The molecule has 20 heavy (non-hydrogen) atoms. The number of benzene rings is 1. The van der Waals surface area contributed by atoms with Crippen LogP contribution in [0.15, 0.2) is 24.3 Å². The van der Waals surface area contributed by atoms with Crippen LogP contribution < -0.4 is 10.1 Å². The summed E-state index contributed by atoms with van der Waals surface area (Å²) >= 11 is 5.51. The molecule has 0 unspecified atom stereocenters. The van der Waals surface area contributed by atoms with Gasteiger partial charge in [-0.25, -0.2) is 0 Å². The molecule has 1 aromatic carbocycles. The molecular weight excluding hydrogens is 274 g/mol. The molecule has 1 saturated heterocycles. The molecule has 1 aromatic rings. The third-order valence-electron chi connectivity index (χ3n) is 2.60. The van der Waals surface area contributed by atoms with E-state index in [1.807, 2.05) is 24.3 Å². The van der Waals surface area contributed by atoms with Gasteiger partial charge in [-0.1, -0.05) is 17.7 Å². The van der Waals surface area contributed by atoms with Crippen molar-refractivity contribution in [2.45, 2.75) is 25.9 Å². The van der Waals surface area contributed by atoms with Crippen LogP contribution in [-0.2, 0) is 0 Å². The van der Waals surface area contributed by atoms with Crippen LogP contribution in [0, 0.1) is 19.8 Å². The summed E-state index contributed by atoms with van der Waals surface area (Å²) in [5.74, 6) is 1.58. The van der Waals surface area contributed by atoms with Gasteiger partial charge in [0.15, 0.2) is 0 Å². The topological polar surface area (TPSA) is 41.5 Å². The van der Waals surface area contributed by atoms with Crippen molar-refractivity contribution in [1.82, 2.24) is 5.32 Å². The Labute approximate surface area is 127 Å². The van der Waals surface area contributed by atoms with Crippen LogP contribution in [0.25, 0.3) is 0 Å². The molecule has 112 valence electrons. The summed E-state index contributed by atoms with van der Waals surface area (Å²) in [4.78, 5) is 0. The molecule has 0 spiro atoms. The monoisotopic (exact) mass is 297 g/mol. The first-order valence-electron chi connectivity index (χ1n) is 6.70. The van der Waals surface area contributed by atoms with Gasteiger partial charge >= 0.3 is 0 Å². The number of halogens is 1. The highest BCUT2D eigenvalue weighted by Gasteiger charge is 2.08. The normalized spacial score (nSPS) is 16.4. The van der Waals surface area contributed by atoms with Crippen LogP contribution in [0.1, 0.15) is 18.4 Å². The first-order valence-corrected chi connectivity index (χ1v) is 7.23. The first kappa shape index (κ1) is 18.8. The Balaban J connectivity index is 0.000000377. The Hall–Kier alpha value is -1.21. The second kappa shape index (κ2) is 12.8. The molecule has 0 aliphatic carbocycles. The van der Waals surface area contributed by atoms with Crippen LogP contribution >= 0.6 is 11.6 Å². The Kier molecular flexibility index (Phi) is 12.0. The molecule has 0 bridgehead atoms. The molecule has 2 N–H and O–H groups in total. The predicted molar refractivity (Wildman–Crippen MR) is 85.4 cm³/mol. The highest BCUT2D eigenvalue weighted by molar-refractivity contribution is 6.17. The van der Waals surface area contributed by atoms with Gasteiger partial charge in [0.2, 0.25) is 0 Å². The van der Waals surface area contributed by atoms with Gasteiger partial charge in [0.25, 0.3) is 0 Å². The fraction of sp³-hybridized carbons (Fsp3) is 0.500. The second-order valence-electron chi connectivity index (χ2n) is 4.35. The number of β-amino-alcohol motifs (C(OH)–C–C–N with tert-alkyl or cyclic N) is 1. The number of hydrogen-bond donors (Lipinski definition) is 2. The van der Waals surface area contributed by atoms with Gasteiger partial charge in [-0.05, 0) is 38.4 Å². The maximum atomic E-state index is 8.67. The second-order valence-corrected chi connectivity index (χ2v) is 4.73. The molecule has 0 saturated carbocycles. The maximum absolute atomic E-state index is 8.67. The number of aliphatic hydroxyl groups excluding tert-OH is 1. The summed E-state index contributed by atoms with van der Waals surface area (Å²) in [5, 5.41) is 11.7. The average Bonchev–Trinajstić information content (AvgIpc) is 2.95. The lowest BCUT2D eigenvalue weighted by Crippen LogP contribution is -2.11. The Bertz CT molecular complexity index is 345. The van der Waals surface area contributed by atoms with Gasteiger partial charge in [-0.15, -0.1) is 24.4 Å². The molecule has 1 fully saturated rings. The van der Waals surface area contributed by atoms with Crippen molar-refractivity contribution in [3.05, 3.63) is 29.8 Å². The van der Waals surface area contributed by atoms with Gasteiger partial charge in [0.05, 0.1) is 12.7 Å². The number of terminal acetylenes is 1. The van der Waals surface area contributed by atoms with Crippen molar-refractivity contribution in [2.75, 3.05) is 25.6 Å². The number of rotatable bonds is 4. The minimum atomic E-state index is -0.0648. The lowest BCUT2D eigenvalue weighted by molar-refractivity contribution is 0.196. The smallest absolute Gasteiger partial charge is 0.119 e. The quantitative estimate of drug-likeness (QED) is 0.510. The molecule has 1 heterocycles. The Morgan fingerprint density at radius 2 is 2.00 bits per heavy atom. The van der Waals surface area contributed by atoms with E-state index in [2.05, 4.69) is 25.1 Å². The van der Waals surface area contributed by atoms with E-state index in [-0.39, 0.29) is 6.10 Å². The number of alkyl halides is 1. The van der Waals surface area contributed by atoms with Crippen LogP contribution in [0.5, 0.6) is 5.75 Å². The molecule has 0 aromatic heterocycles. The third kappa shape index (κ3) is 9.69. The molecule has 1 aliphatic heterocycles. The summed E-state index contributed by atoms with van der Waals surface area (Å²) in [6.45, 7) is 4.54. The molecule has 4 heteroatoms. The number of nitrogens with one attached hydrogen (secondary N) is 1. The van der Waals surface area contributed by atoms with Crippen LogP contribution in [0.4, 0.5) is 0 Å². The van der Waals surface area contributed by atoms with E-state index >= 15 is 0 Å². The first-order chi connectivity index (χ1) is 9.72. The number of aliphatic hydroxyl groups is 1. The zero-order valence-electron chi connectivity index (χ0n) is 12.0. The van der Waals surface area contributed by atoms with Gasteiger partial charge in [-0.2, -0.15) is 0 Å². The average molecular weight is 298 g/mol. The van der Waals surface area contributed by atoms with E-state index in [9.17, 15) is 0 Å². The minimum absolute atomic E-state index is 0.0648. The number of aryl methyl sites for hydroxylation is 1. The molecule has 0 amide bonds. The highest BCUT2D eigenvalue weighted by Crippen LogP contribution is 2.11. The van der Waals surface area contributed by atoms with Crippen molar-refractivity contribution in [3.8, 4) is 18.6 Å². The Morgan fingerprint density at radius 1 is 1.35 bits per heavy atom. The number of hydrogen-bond acceptors (Lipinski definition) is 3. The third-order valence-corrected chi connectivity index (χ3v) is 2.87. The van der Waals surface area contributed by atoms with E-state index in [0.717, 1.165) is 31.7 Å². The molecule has 0 radical (unpaired) electrons. The fourth-order valence-corrected chi connectivity index (χ4v) is 1.63. The maximum Gasteiger partial charge on any atom is 0.119 e. The summed E-state index contributed by atoms with van der Waals surface area (Å²) in [7, 11) is 0. The molecular formula is C16H24ClNO2.